The van der Waals surface area contributed by atoms with Crippen LogP contribution in [0.5, 0.6) is 0 Å². The molecule has 25 heavy (non-hydrogen) atoms. The highest BCUT2D eigenvalue weighted by atomic mass is 32.1. The molecule has 9 heteroatoms. The molecular formula is C16H16N4O4S. The van der Waals surface area contributed by atoms with E-state index < -0.39 is 12.2 Å². The van der Waals surface area contributed by atoms with Crippen molar-refractivity contribution in [3.63, 3.8) is 0 Å². The molecule has 0 atom stereocenters. The van der Waals surface area contributed by atoms with Crippen LogP contribution in [0.1, 0.15) is 43.4 Å². The van der Waals surface area contributed by atoms with E-state index in [-0.39, 0.29) is 11.6 Å². The van der Waals surface area contributed by atoms with Gasteiger partial charge in [0.1, 0.15) is 21.4 Å². The maximum atomic E-state index is 12.9. The largest absolute Gasteiger partial charge is 0.364 e. The second kappa shape index (κ2) is 6.51. The quantitative estimate of drug-likeness (QED) is 0.883. The summed E-state index contributed by atoms with van der Waals surface area (Å²) in [7, 11) is 0. The molecule has 4 rings (SSSR count). The summed E-state index contributed by atoms with van der Waals surface area (Å²) in [5.74, 6) is -0.316. The van der Waals surface area contributed by atoms with Crippen molar-refractivity contribution in [2.75, 3.05) is 24.7 Å². The SMILES string of the molecule is NC(=O)c1ccc2c(n1)N(C(=O)c1cnc(C3OCCO3)s1)CCC2. The van der Waals surface area contributed by atoms with Crippen LogP contribution in [0.15, 0.2) is 18.3 Å². The Bertz CT molecular complexity index is 831. The predicted molar refractivity (Wildman–Crippen MR) is 89.5 cm³/mol. The van der Waals surface area contributed by atoms with Crippen molar-refractivity contribution in [2.24, 2.45) is 5.73 Å². The van der Waals surface area contributed by atoms with E-state index in [0.29, 0.717) is 35.5 Å². The van der Waals surface area contributed by atoms with Gasteiger partial charge < -0.3 is 15.2 Å². The topological polar surface area (TPSA) is 108 Å². The van der Waals surface area contributed by atoms with Crippen molar-refractivity contribution < 1.29 is 19.1 Å². The number of anilines is 1. The average molecular weight is 360 g/mol. The lowest BCUT2D eigenvalue weighted by Gasteiger charge is -2.28. The van der Waals surface area contributed by atoms with Crippen LogP contribution in [0.4, 0.5) is 5.82 Å². The molecule has 8 nitrogen and oxygen atoms in total. The standard InChI is InChI=1S/C16H16N4O4S/c17-12(21)10-4-3-9-2-1-5-20(13(9)19-10)15(22)11-8-18-14(25-11)16-23-6-7-24-16/h3-4,8,16H,1-2,5-7H2,(H2,17,21). The van der Waals surface area contributed by atoms with E-state index in [0.717, 1.165) is 18.4 Å². The van der Waals surface area contributed by atoms with Gasteiger partial charge in [0.15, 0.2) is 0 Å². The van der Waals surface area contributed by atoms with Crippen molar-refractivity contribution in [1.82, 2.24) is 9.97 Å². The van der Waals surface area contributed by atoms with Crippen molar-refractivity contribution in [1.29, 1.82) is 0 Å². The van der Waals surface area contributed by atoms with Gasteiger partial charge in [-0.1, -0.05) is 6.07 Å². The van der Waals surface area contributed by atoms with E-state index in [2.05, 4.69) is 9.97 Å². The molecule has 2 aliphatic rings. The van der Waals surface area contributed by atoms with E-state index in [1.807, 2.05) is 0 Å². The molecule has 0 radical (unpaired) electrons. The number of aromatic nitrogens is 2. The zero-order chi connectivity index (χ0) is 17.4. The second-order valence-corrected chi connectivity index (χ2v) is 6.80. The molecule has 0 aromatic carbocycles. The Kier molecular flexibility index (Phi) is 4.20. The van der Waals surface area contributed by atoms with Crippen molar-refractivity contribution in [3.05, 3.63) is 39.5 Å². The first-order valence-corrected chi connectivity index (χ1v) is 8.75. The van der Waals surface area contributed by atoms with Crippen LogP contribution in [0.3, 0.4) is 0 Å². The molecule has 130 valence electrons. The van der Waals surface area contributed by atoms with Gasteiger partial charge in [-0.3, -0.25) is 14.5 Å². The number of aryl methyl sites for hydroxylation is 1. The van der Waals surface area contributed by atoms with Gasteiger partial charge in [0.2, 0.25) is 6.29 Å². The lowest BCUT2D eigenvalue weighted by molar-refractivity contribution is -0.0442. The Hall–Kier alpha value is -2.36. The van der Waals surface area contributed by atoms with Crippen LogP contribution >= 0.6 is 11.3 Å². The Morgan fingerprint density at radius 3 is 2.84 bits per heavy atom. The van der Waals surface area contributed by atoms with Crippen LogP contribution in [0.2, 0.25) is 0 Å². The van der Waals surface area contributed by atoms with Gasteiger partial charge in [0, 0.05) is 6.54 Å². The van der Waals surface area contributed by atoms with Gasteiger partial charge >= 0.3 is 0 Å². The Balaban J connectivity index is 1.63. The van der Waals surface area contributed by atoms with E-state index in [9.17, 15) is 9.59 Å². The molecule has 0 aliphatic carbocycles. The molecule has 0 spiro atoms. The van der Waals surface area contributed by atoms with Crippen LogP contribution in [0, 0.1) is 0 Å². The van der Waals surface area contributed by atoms with Gasteiger partial charge in [0.25, 0.3) is 11.8 Å². The maximum absolute atomic E-state index is 12.9. The summed E-state index contributed by atoms with van der Waals surface area (Å²) in [6.45, 7) is 1.57. The zero-order valence-corrected chi connectivity index (χ0v) is 14.1. The minimum absolute atomic E-state index is 0.149. The molecule has 1 saturated heterocycles. The smallest absolute Gasteiger partial charge is 0.271 e. The molecule has 0 saturated carbocycles. The van der Waals surface area contributed by atoms with E-state index in [1.165, 1.54) is 17.5 Å². The summed E-state index contributed by atoms with van der Waals surface area (Å²) >= 11 is 1.25. The molecule has 2 amide bonds. The molecule has 2 aromatic heterocycles. The molecule has 2 N–H and O–H groups in total. The number of carbonyl (C=O) groups is 2. The van der Waals surface area contributed by atoms with Gasteiger partial charge in [-0.05, 0) is 24.5 Å². The number of primary amides is 1. The molecule has 4 heterocycles. The van der Waals surface area contributed by atoms with E-state index in [4.69, 9.17) is 15.2 Å². The fourth-order valence-electron chi connectivity index (χ4n) is 2.90. The first-order valence-electron chi connectivity index (χ1n) is 7.94. The third-order valence-electron chi connectivity index (χ3n) is 4.09. The summed E-state index contributed by atoms with van der Waals surface area (Å²) in [5, 5.41) is 0.622. The highest BCUT2D eigenvalue weighted by Crippen LogP contribution is 2.31. The van der Waals surface area contributed by atoms with Gasteiger partial charge in [-0.15, -0.1) is 11.3 Å². The number of hydrogen-bond donors (Lipinski definition) is 1. The predicted octanol–water partition coefficient (Wildman–Crippen LogP) is 1.28. The van der Waals surface area contributed by atoms with E-state index >= 15 is 0 Å². The van der Waals surface area contributed by atoms with Gasteiger partial charge in [0.05, 0.1) is 19.4 Å². The number of ether oxygens (including phenoxy) is 2. The summed E-state index contributed by atoms with van der Waals surface area (Å²) in [6.07, 6.45) is 2.67. The number of nitrogens with zero attached hydrogens (tertiary/aromatic N) is 3. The summed E-state index contributed by atoms with van der Waals surface area (Å²) < 4.78 is 10.8. The Labute approximate surface area is 147 Å². The van der Waals surface area contributed by atoms with Crippen molar-refractivity contribution in [3.8, 4) is 0 Å². The second-order valence-electron chi connectivity index (χ2n) is 5.74. The number of hydrogen-bond acceptors (Lipinski definition) is 7. The highest BCUT2D eigenvalue weighted by molar-refractivity contribution is 7.13. The number of thiazole rings is 1. The molecule has 0 unspecified atom stereocenters. The molecule has 2 aliphatic heterocycles. The van der Waals surface area contributed by atoms with Crippen molar-refractivity contribution in [2.45, 2.75) is 19.1 Å². The zero-order valence-electron chi connectivity index (χ0n) is 13.3. The lowest BCUT2D eigenvalue weighted by atomic mass is 10.0. The monoisotopic (exact) mass is 360 g/mol. The molecule has 2 aromatic rings. The summed E-state index contributed by atoms with van der Waals surface area (Å²) in [4.78, 5) is 34.9. The highest BCUT2D eigenvalue weighted by Gasteiger charge is 2.29. The molecule has 0 bridgehead atoms. The number of fused-ring (bicyclic) bond motifs is 1. The van der Waals surface area contributed by atoms with Gasteiger partial charge in [-0.25, -0.2) is 9.97 Å². The number of rotatable bonds is 3. The van der Waals surface area contributed by atoms with Crippen LogP contribution in [0.25, 0.3) is 0 Å². The Morgan fingerprint density at radius 1 is 1.28 bits per heavy atom. The number of pyridine rings is 1. The Morgan fingerprint density at radius 2 is 2.08 bits per heavy atom. The minimum atomic E-state index is -0.614. The van der Waals surface area contributed by atoms with Crippen LogP contribution < -0.4 is 10.6 Å². The molecular weight excluding hydrogens is 344 g/mol. The molecule has 1 fully saturated rings. The van der Waals surface area contributed by atoms with Crippen LogP contribution in [-0.4, -0.2) is 41.5 Å². The fraction of sp³-hybridized carbons (Fsp3) is 0.375. The first kappa shape index (κ1) is 16.1. The van der Waals surface area contributed by atoms with Gasteiger partial charge in [-0.2, -0.15) is 0 Å². The number of nitrogens with two attached hydrogens (primary N) is 1. The van der Waals surface area contributed by atoms with Crippen LogP contribution in [-0.2, 0) is 15.9 Å². The third kappa shape index (κ3) is 3.01. The summed E-state index contributed by atoms with van der Waals surface area (Å²) in [5.41, 5.74) is 6.39. The summed E-state index contributed by atoms with van der Waals surface area (Å²) in [6, 6.07) is 3.40. The first-order chi connectivity index (χ1) is 12.1. The normalized spacial score (nSPS) is 17.5. The lowest BCUT2D eigenvalue weighted by Crippen LogP contribution is -2.36. The third-order valence-corrected chi connectivity index (χ3v) is 5.10. The van der Waals surface area contributed by atoms with Crippen molar-refractivity contribution >= 4 is 29.0 Å². The maximum Gasteiger partial charge on any atom is 0.271 e. The number of amides is 2. The average Bonchev–Trinajstić information content (AvgIpc) is 3.31. The van der Waals surface area contributed by atoms with E-state index in [1.54, 1.807) is 17.0 Å². The number of carbonyl (C=O) groups excluding carboxylic acids is 2. The fourth-order valence-corrected chi connectivity index (χ4v) is 3.77. The minimum Gasteiger partial charge on any atom is -0.364 e.